The standard InChI is InChI=1S/C26H30ClN7O/c1-33(2)11-3-4-24-29-21-10-5-18(16-23(21)30-24)22-17-25(28-20-8-6-19(27)7-9-20)32-26(31-22)34-12-14-35-15-13-34/h5-10,16-17H,3-4,11-15H2,1-2H3,(H,29,30)(H,28,31,32). The summed E-state index contributed by atoms with van der Waals surface area (Å²) in [6.07, 6.45) is 1.99. The van der Waals surface area contributed by atoms with Crippen molar-refractivity contribution in [1.29, 1.82) is 0 Å². The minimum atomic E-state index is 0.671. The molecule has 2 aromatic carbocycles. The first-order chi connectivity index (χ1) is 17.0. The van der Waals surface area contributed by atoms with E-state index in [1.165, 1.54) is 0 Å². The Labute approximate surface area is 210 Å². The van der Waals surface area contributed by atoms with Crippen molar-refractivity contribution in [3.05, 3.63) is 59.4 Å². The van der Waals surface area contributed by atoms with Gasteiger partial charge in [-0.05, 0) is 63.5 Å². The minimum Gasteiger partial charge on any atom is -0.378 e. The molecule has 1 aliphatic heterocycles. The van der Waals surface area contributed by atoms with E-state index in [2.05, 4.69) is 52.4 Å². The predicted octanol–water partition coefficient (Wildman–Crippen LogP) is 4.75. The summed E-state index contributed by atoms with van der Waals surface area (Å²) in [7, 11) is 4.18. The highest BCUT2D eigenvalue weighted by Crippen LogP contribution is 2.28. The Balaban J connectivity index is 1.46. The second-order valence-electron chi connectivity index (χ2n) is 8.99. The number of imidazole rings is 1. The molecule has 1 saturated heterocycles. The minimum absolute atomic E-state index is 0.671. The normalized spacial score (nSPS) is 14.1. The monoisotopic (exact) mass is 491 g/mol. The number of rotatable bonds is 8. The van der Waals surface area contributed by atoms with Crippen LogP contribution in [0.25, 0.3) is 22.3 Å². The summed E-state index contributed by atoms with van der Waals surface area (Å²) in [4.78, 5) is 22.3. The number of anilines is 3. The lowest BCUT2D eigenvalue weighted by atomic mass is 10.1. The maximum atomic E-state index is 6.06. The number of ether oxygens (including phenoxy) is 1. The molecule has 5 rings (SSSR count). The number of nitrogens with one attached hydrogen (secondary N) is 2. The Bertz CT molecular complexity index is 1280. The third-order valence-corrected chi connectivity index (χ3v) is 6.22. The van der Waals surface area contributed by atoms with Gasteiger partial charge in [-0.15, -0.1) is 0 Å². The van der Waals surface area contributed by atoms with E-state index in [-0.39, 0.29) is 0 Å². The molecule has 2 N–H and O–H groups in total. The summed E-state index contributed by atoms with van der Waals surface area (Å²) in [5.74, 6) is 2.44. The number of benzene rings is 2. The number of aromatic amines is 1. The number of morpholine rings is 1. The molecule has 0 atom stereocenters. The lowest BCUT2D eigenvalue weighted by Gasteiger charge is -2.27. The van der Waals surface area contributed by atoms with Crippen molar-refractivity contribution in [2.75, 3.05) is 57.2 Å². The third kappa shape index (κ3) is 5.90. The molecule has 4 aromatic rings. The SMILES string of the molecule is CN(C)CCCc1nc2ccc(-c3cc(Nc4ccc(Cl)cc4)nc(N4CCOCC4)n3)cc2[nH]1. The van der Waals surface area contributed by atoms with Crippen molar-refractivity contribution < 1.29 is 4.74 Å². The Morgan fingerprint density at radius 3 is 2.60 bits per heavy atom. The topological polar surface area (TPSA) is 82.2 Å². The van der Waals surface area contributed by atoms with Gasteiger partial charge in [-0.3, -0.25) is 0 Å². The van der Waals surface area contributed by atoms with Crippen LogP contribution in [0.4, 0.5) is 17.5 Å². The quantitative estimate of drug-likeness (QED) is 0.368. The largest absolute Gasteiger partial charge is 0.378 e. The first kappa shape index (κ1) is 23.5. The van der Waals surface area contributed by atoms with Gasteiger partial charge in [0.25, 0.3) is 0 Å². The fraction of sp³-hybridized carbons (Fsp3) is 0.346. The van der Waals surface area contributed by atoms with Crippen LogP contribution in [-0.4, -0.2) is 71.8 Å². The van der Waals surface area contributed by atoms with E-state index < -0.39 is 0 Å². The van der Waals surface area contributed by atoms with Gasteiger partial charge in [0.15, 0.2) is 0 Å². The Hall–Kier alpha value is -3.20. The van der Waals surface area contributed by atoms with E-state index in [9.17, 15) is 0 Å². The smallest absolute Gasteiger partial charge is 0.228 e. The van der Waals surface area contributed by atoms with E-state index in [4.69, 9.17) is 31.3 Å². The molecule has 0 spiro atoms. The van der Waals surface area contributed by atoms with Gasteiger partial charge < -0.3 is 24.8 Å². The van der Waals surface area contributed by atoms with E-state index in [1.54, 1.807) is 0 Å². The molecular weight excluding hydrogens is 462 g/mol. The van der Waals surface area contributed by atoms with Crippen LogP contribution in [0.1, 0.15) is 12.2 Å². The molecule has 35 heavy (non-hydrogen) atoms. The zero-order valence-electron chi connectivity index (χ0n) is 20.1. The van der Waals surface area contributed by atoms with Crippen LogP contribution in [0.3, 0.4) is 0 Å². The number of fused-ring (bicyclic) bond motifs is 1. The van der Waals surface area contributed by atoms with Crippen LogP contribution in [0.5, 0.6) is 0 Å². The van der Waals surface area contributed by atoms with Crippen LogP contribution < -0.4 is 10.2 Å². The van der Waals surface area contributed by atoms with Gasteiger partial charge in [-0.2, -0.15) is 4.98 Å². The summed E-state index contributed by atoms with van der Waals surface area (Å²) in [6.45, 7) is 3.91. The molecule has 8 nitrogen and oxygen atoms in total. The lowest BCUT2D eigenvalue weighted by molar-refractivity contribution is 0.122. The van der Waals surface area contributed by atoms with E-state index in [0.29, 0.717) is 24.2 Å². The number of halogens is 1. The molecule has 0 amide bonds. The maximum absolute atomic E-state index is 6.06. The van der Waals surface area contributed by atoms with E-state index >= 15 is 0 Å². The molecular formula is C26H30ClN7O. The molecule has 0 bridgehead atoms. The molecule has 1 fully saturated rings. The molecule has 1 aliphatic rings. The van der Waals surface area contributed by atoms with Gasteiger partial charge in [-0.25, -0.2) is 9.97 Å². The lowest BCUT2D eigenvalue weighted by Crippen LogP contribution is -2.37. The van der Waals surface area contributed by atoms with Crippen molar-refractivity contribution >= 4 is 40.1 Å². The van der Waals surface area contributed by atoms with Gasteiger partial charge >= 0.3 is 0 Å². The molecule has 0 aliphatic carbocycles. The molecule has 0 radical (unpaired) electrons. The summed E-state index contributed by atoms with van der Waals surface area (Å²) >= 11 is 6.06. The first-order valence-electron chi connectivity index (χ1n) is 11.9. The molecule has 182 valence electrons. The van der Waals surface area contributed by atoms with Gasteiger partial charge in [-0.1, -0.05) is 17.7 Å². The number of aromatic nitrogens is 4. The van der Waals surface area contributed by atoms with Crippen LogP contribution in [-0.2, 0) is 11.2 Å². The van der Waals surface area contributed by atoms with Crippen LogP contribution in [0.15, 0.2) is 48.5 Å². The highest BCUT2D eigenvalue weighted by molar-refractivity contribution is 6.30. The first-order valence-corrected chi connectivity index (χ1v) is 12.3. The van der Waals surface area contributed by atoms with Gasteiger partial charge in [0.1, 0.15) is 11.6 Å². The van der Waals surface area contributed by atoms with Crippen LogP contribution >= 0.6 is 11.6 Å². The van der Waals surface area contributed by atoms with Crippen molar-refractivity contribution in [2.24, 2.45) is 0 Å². The Morgan fingerprint density at radius 2 is 1.83 bits per heavy atom. The number of hydrogen-bond acceptors (Lipinski definition) is 7. The second kappa shape index (κ2) is 10.6. The fourth-order valence-electron chi connectivity index (χ4n) is 4.14. The average molecular weight is 492 g/mol. The molecule has 3 heterocycles. The average Bonchev–Trinajstić information content (AvgIpc) is 3.27. The highest BCUT2D eigenvalue weighted by atomic mass is 35.5. The maximum Gasteiger partial charge on any atom is 0.228 e. The predicted molar refractivity (Wildman–Crippen MR) is 142 cm³/mol. The Kier molecular flexibility index (Phi) is 7.13. The van der Waals surface area contributed by atoms with Crippen molar-refractivity contribution in [3.8, 4) is 11.3 Å². The van der Waals surface area contributed by atoms with E-state index in [1.807, 2.05) is 30.3 Å². The summed E-state index contributed by atoms with van der Waals surface area (Å²) in [5, 5.41) is 4.10. The van der Waals surface area contributed by atoms with Crippen molar-refractivity contribution in [2.45, 2.75) is 12.8 Å². The zero-order chi connectivity index (χ0) is 24.2. The second-order valence-corrected chi connectivity index (χ2v) is 9.43. The molecule has 2 aromatic heterocycles. The molecule has 0 saturated carbocycles. The summed E-state index contributed by atoms with van der Waals surface area (Å²) in [6, 6.07) is 15.8. The summed E-state index contributed by atoms with van der Waals surface area (Å²) < 4.78 is 5.53. The zero-order valence-corrected chi connectivity index (χ0v) is 20.8. The number of hydrogen-bond donors (Lipinski definition) is 2. The Morgan fingerprint density at radius 1 is 1.03 bits per heavy atom. The number of aryl methyl sites for hydroxylation is 1. The van der Waals surface area contributed by atoms with E-state index in [0.717, 1.165) is 72.1 Å². The number of H-pyrrole nitrogens is 1. The van der Waals surface area contributed by atoms with Crippen molar-refractivity contribution in [1.82, 2.24) is 24.8 Å². The van der Waals surface area contributed by atoms with Crippen LogP contribution in [0.2, 0.25) is 5.02 Å². The van der Waals surface area contributed by atoms with Gasteiger partial charge in [0.2, 0.25) is 5.95 Å². The fourth-order valence-corrected chi connectivity index (χ4v) is 4.26. The summed E-state index contributed by atoms with van der Waals surface area (Å²) in [5.41, 5.74) is 4.76. The van der Waals surface area contributed by atoms with Crippen LogP contribution in [0, 0.1) is 0 Å². The number of nitrogens with zero attached hydrogens (tertiary/aromatic N) is 5. The van der Waals surface area contributed by atoms with Gasteiger partial charge in [0.05, 0.1) is 29.9 Å². The third-order valence-electron chi connectivity index (χ3n) is 5.97. The van der Waals surface area contributed by atoms with Crippen molar-refractivity contribution in [3.63, 3.8) is 0 Å². The van der Waals surface area contributed by atoms with Gasteiger partial charge in [0, 0.05) is 41.9 Å². The molecule has 9 heteroatoms. The molecule has 0 unspecified atom stereocenters. The highest BCUT2D eigenvalue weighted by Gasteiger charge is 2.17.